The number of carbonyl (C=O) groups is 1. The number of nitrogens with zero attached hydrogens (tertiary/aromatic N) is 3. The molecular weight excluding hydrogens is 300 g/mol. The van der Waals surface area contributed by atoms with Crippen LogP contribution in [0.2, 0.25) is 0 Å². The molecule has 3 aliphatic rings. The fraction of sp³-hybridized carbons (Fsp3) is 0.947. The van der Waals surface area contributed by atoms with Gasteiger partial charge in [0.05, 0.1) is 5.54 Å². The molecule has 3 rings (SSSR count). The van der Waals surface area contributed by atoms with Crippen molar-refractivity contribution in [3.05, 3.63) is 0 Å². The van der Waals surface area contributed by atoms with Crippen molar-refractivity contribution in [2.75, 3.05) is 39.3 Å². The number of amides is 1. The van der Waals surface area contributed by atoms with Gasteiger partial charge in [-0.2, -0.15) is 0 Å². The Bertz CT molecular complexity index is 417. The smallest absolute Gasteiger partial charge is 0.242 e. The van der Waals surface area contributed by atoms with Crippen LogP contribution in [0.4, 0.5) is 0 Å². The quantitative estimate of drug-likeness (QED) is 0.848. The topological polar surface area (TPSA) is 52.8 Å². The van der Waals surface area contributed by atoms with Crippen LogP contribution in [0.25, 0.3) is 0 Å². The summed E-state index contributed by atoms with van der Waals surface area (Å²) in [5.74, 6) is 0.212. The zero-order valence-corrected chi connectivity index (χ0v) is 15.7. The molecule has 0 aromatic carbocycles. The van der Waals surface area contributed by atoms with Gasteiger partial charge in [-0.1, -0.05) is 19.3 Å². The van der Waals surface area contributed by atoms with E-state index in [0.29, 0.717) is 0 Å². The highest BCUT2D eigenvalue weighted by molar-refractivity contribution is 5.86. The van der Waals surface area contributed by atoms with Crippen molar-refractivity contribution >= 4 is 5.91 Å². The first-order valence-corrected chi connectivity index (χ1v) is 10.1. The molecule has 138 valence electrons. The van der Waals surface area contributed by atoms with Crippen LogP contribution in [0.1, 0.15) is 58.8 Å². The van der Waals surface area contributed by atoms with Crippen LogP contribution in [0.15, 0.2) is 0 Å². The molecule has 0 spiro atoms. The highest BCUT2D eigenvalue weighted by Crippen LogP contribution is 2.28. The maximum absolute atomic E-state index is 12.8. The zero-order chi connectivity index (χ0) is 17.2. The predicted octanol–water partition coefficient (Wildman–Crippen LogP) is 1.67. The molecule has 2 unspecified atom stereocenters. The van der Waals surface area contributed by atoms with Crippen molar-refractivity contribution in [2.24, 2.45) is 5.73 Å². The molecule has 3 fully saturated rings. The molecule has 2 atom stereocenters. The van der Waals surface area contributed by atoms with Crippen molar-refractivity contribution in [3.63, 3.8) is 0 Å². The molecule has 2 aliphatic heterocycles. The lowest BCUT2D eigenvalue weighted by molar-refractivity contribution is -0.140. The van der Waals surface area contributed by atoms with E-state index in [1.807, 2.05) is 4.90 Å². The molecule has 0 bridgehead atoms. The van der Waals surface area contributed by atoms with Crippen molar-refractivity contribution in [1.29, 1.82) is 0 Å². The Morgan fingerprint density at radius 1 is 0.958 bits per heavy atom. The molecule has 0 aromatic heterocycles. The van der Waals surface area contributed by atoms with Gasteiger partial charge in [0.15, 0.2) is 0 Å². The van der Waals surface area contributed by atoms with E-state index < -0.39 is 5.54 Å². The Labute approximate surface area is 147 Å². The second-order valence-electron chi connectivity index (χ2n) is 8.36. The molecule has 1 saturated carbocycles. The molecule has 5 nitrogen and oxygen atoms in total. The standard InChI is InChI=1S/C19H36N4O/c1-16-6-7-17(2)23(16)15-12-21-10-13-22(14-11-21)18(24)19(20)8-4-3-5-9-19/h16-17H,3-15,20H2,1-2H3. The molecule has 1 aliphatic carbocycles. The highest BCUT2D eigenvalue weighted by Gasteiger charge is 2.39. The fourth-order valence-corrected chi connectivity index (χ4v) is 4.83. The second kappa shape index (κ2) is 7.71. The first kappa shape index (κ1) is 18.2. The third-order valence-corrected chi connectivity index (χ3v) is 6.64. The van der Waals surface area contributed by atoms with Gasteiger partial charge < -0.3 is 10.6 Å². The molecule has 5 heteroatoms. The summed E-state index contributed by atoms with van der Waals surface area (Å²) in [4.78, 5) is 20.0. The molecule has 2 saturated heterocycles. The average molecular weight is 337 g/mol. The minimum absolute atomic E-state index is 0.212. The van der Waals surface area contributed by atoms with Gasteiger partial charge in [0, 0.05) is 51.4 Å². The van der Waals surface area contributed by atoms with E-state index in [-0.39, 0.29) is 5.91 Å². The first-order valence-electron chi connectivity index (χ1n) is 10.1. The third-order valence-electron chi connectivity index (χ3n) is 6.64. The molecule has 0 radical (unpaired) electrons. The second-order valence-corrected chi connectivity index (χ2v) is 8.36. The van der Waals surface area contributed by atoms with Gasteiger partial charge in [-0.05, 0) is 39.5 Å². The van der Waals surface area contributed by atoms with Crippen LogP contribution in [-0.4, -0.2) is 77.5 Å². The average Bonchev–Trinajstić information content (AvgIpc) is 2.92. The lowest BCUT2D eigenvalue weighted by atomic mass is 9.81. The van der Waals surface area contributed by atoms with Crippen molar-refractivity contribution in [3.8, 4) is 0 Å². The van der Waals surface area contributed by atoms with E-state index in [9.17, 15) is 4.79 Å². The summed E-state index contributed by atoms with van der Waals surface area (Å²) in [7, 11) is 0. The van der Waals surface area contributed by atoms with Crippen molar-refractivity contribution in [2.45, 2.75) is 76.4 Å². The van der Waals surface area contributed by atoms with Gasteiger partial charge in [0.2, 0.25) is 5.91 Å². The van der Waals surface area contributed by atoms with Crippen LogP contribution in [0.5, 0.6) is 0 Å². The lowest BCUT2D eigenvalue weighted by Gasteiger charge is -2.41. The van der Waals surface area contributed by atoms with Crippen LogP contribution in [0, 0.1) is 0 Å². The number of rotatable bonds is 4. The van der Waals surface area contributed by atoms with Crippen LogP contribution >= 0.6 is 0 Å². The van der Waals surface area contributed by atoms with Crippen molar-refractivity contribution in [1.82, 2.24) is 14.7 Å². The number of likely N-dealkylation sites (tertiary alicyclic amines) is 1. The number of nitrogens with two attached hydrogens (primary N) is 1. The third kappa shape index (κ3) is 3.94. The van der Waals surface area contributed by atoms with Gasteiger partial charge >= 0.3 is 0 Å². The highest BCUT2D eigenvalue weighted by atomic mass is 16.2. The molecule has 2 heterocycles. The summed E-state index contributed by atoms with van der Waals surface area (Å²) in [5.41, 5.74) is 5.86. The van der Waals surface area contributed by atoms with Crippen LogP contribution < -0.4 is 5.73 Å². The Morgan fingerprint density at radius 2 is 1.54 bits per heavy atom. The summed E-state index contributed by atoms with van der Waals surface area (Å²) in [6, 6.07) is 1.46. The number of piperazine rings is 1. The minimum atomic E-state index is -0.569. The van der Waals surface area contributed by atoms with Gasteiger partial charge in [0.25, 0.3) is 0 Å². The van der Waals surface area contributed by atoms with Crippen molar-refractivity contribution < 1.29 is 4.79 Å². The van der Waals surface area contributed by atoms with E-state index in [4.69, 9.17) is 5.73 Å². The molecule has 0 aromatic rings. The predicted molar refractivity (Wildman–Crippen MR) is 97.9 cm³/mol. The van der Waals surface area contributed by atoms with E-state index in [1.165, 1.54) is 19.3 Å². The molecule has 1 amide bonds. The Hall–Kier alpha value is -0.650. The zero-order valence-electron chi connectivity index (χ0n) is 15.7. The van der Waals surface area contributed by atoms with Gasteiger partial charge in [-0.3, -0.25) is 14.6 Å². The number of carbonyl (C=O) groups excluding carboxylic acids is 1. The number of hydrogen-bond acceptors (Lipinski definition) is 4. The summed E-state index contributed by atoms with van der Waals surface area (Å²) < 4.78 is 0. The molecule has 2 N–H and O–H groups in total. The van der Waals surface area contributed by atoms with Gasteiger partial charge in [-0.25, -0.2) is 0 Å². The number of hydrogen-bond donors (Lipinski definition) is 1. The largest absolute Gasteiger partial charge is 0.339 e. The Morgan fingerprint density at radius 3 is 2.12 bits per heavy atom. The maximum atomic E-state index is 12.8. The lowest BCUT2D eigenvalue weighted by Crippen LogP contribution is -2.60. The summed E-state index contributed by atoms with van der Waals surface area (Å²) >= 11 is 0. The molecular formula is C19H36N4O. The SMILES string of the molecule is CC1CCC(C)N1CCN1CCN(C(=O)C2(N)CCCCC2)CC1. The van der Waals surface area contributed by atoms with Gasteiger partial charge in [-0.15, -0.1) is 0 Å². The normalized spacial score (nSPS) is 32.2. The van der Waals surface area contributed by atoms with Crippen LogP contribution in [-0.2, 0) is 4.79 Å². The monoisotopic (exact) mass is 336 g/mol. The van der Waals surface area contributed by atoms with Gasteiger partial charge in [0.1, 0.15) is 0 Å². The summed E-state index contributed by atoms with van der Waals surface area (Å²) in [6.07, 6.45) is 7.85. The fourth-order valence-electron chi connectivity index (χ4n) is 4.83. The maximum Gasteiger partial charge on any atom is 0.242 e. The van der Waals surface area contributed by atoms with Crippen LogP contribution in [0.3, 0.4) is 0 Å². The van der Waals surface area contributed by atoms with E-state index in [2.05, 4.69) is 23.6 Å². The molecule has 24 heavy (non-hydrogen) atoms. The Balaban J connectivity index is 1.43. The summed E-state index contributed by atoms with van der Waals surface area (Å²) in [5, 5.41) is 0. The minimum Gasteiger partial charge on any atom is -0.339 e. The van der Waals surface area contributed by atoms with E-state index in [1.54, 1.807) is 0 Å². The first-order chi connectivity index (χ1) is 11.5. The Kier molecular flexibility index (Phi) is 5.83. The van der Waals surface area contributed by atoms with E-state index in [0.717, 1.165) is 77.0 Å². The van der Waals surface area contributed by atoms with E-state index >= 15 is 0 Å². The summed E-state index contributed by atoms with van der Waals surface area (Å²) in [6.45, 7) is 10.7.